The van der Waals surface area contributed by atoms with E-state index in [4.69, 9.17) is 27.3 Å². The molecule has 3 rings (SSSR count). The van der Waals surface area contributed by atoms with Gasteiger partial charge in [-0.2, -0.15) is 5.53 Å². The average molecular weight is 491 g/mol. The van der Waals surface area contributed by atoms with Crippen molar-refractivity contribution in [3.8, 4) is 5.75 Å². The van der Waals surface area contributed by atoms with Gasteiger partial charge in [0.25, 0.3) is 0 Å². The maximum atomic E-state index is 13.7. The Bertz CT molecular complexity index is 870. The fraction of sp³-hybridized carbons (Fsp3) is 0.520. The maximum Gasteiger partial charge on any atom is 0.167 e. The van der Waals surface area contributed by atoms with Crippen LogP contribution in [0, 0.1) is 22.7 Å². The largest absolute Gasteiger partial charge is 0.491 e. The summed E-state index contributed by atoms with van der Waals surface area (Å²) in [5.74, 6) is 1.53. The molecule has 0 amide bonds. The highest BCUT2D eigenvalue weighted by Crippen LogP contribution is 2.32. The zero-order valence-corrected chi connectivity index (χ0v) is 20.9. The molecule has 0 spiro atoms. The molecule has 1 aliphatic carbocycles. The van der Waals surface area contributed by atoms with E-state index in [0.717, 1.165) is 49.0 Å². The summed E-state index contributed by atoms with van der Waals surface area (Å²) in [6.45, 7) is 6.82. The van der Waals surface area contributed by atoms with E-state index in [9.17, 15) is 4.39 Å². The molecule has 1 aliphatic heterocycles. The molecule has 1 aromatic rings. The third-order valence-corrected chi connectivity index (χ3v) is 5.87. The van der Waals surface area contributed by atoms with E-state index in [-0.39, 0.29) is 5.75 Å². The number of halogens is 2. The zero-order valence-electron chi connectivity index (χ0n) is 20.1. The van der Waals surface area contributed by atoms with E-state index in [1.165, 1.54) is 44.2 Å². The predicted molar refractivity (Wildman–Crippen MR) is 138 cm³/mol. The van der Waals surface area contributed by atoms with Gasteiger partial charge in [-0.05, 0) is 63.2 Å². The fourth-order valence-electron chi connectivity index (χ4n) is 3.42. The van der Waals surface area contributed by atoms with Crippen molar-refractivity contribution < 1.29 is 9.13 Å². The highest BCUT2D eigenvalue weighted by molar-refractivity contribution is 6.39. The molecule has 1 saturated carbocycles. The molecule has 0 unspecified atom stereocenters. The van der Waals surface area contributed by atoms with E-state index in [1.807, 2.05) is 13.0 Å². The van der Waals surface area contributed by atoms with Gasteiger partial charge < -0.3 is 9.64 Å². The van der Waals surface area contributed by atoms with Crippen LogP contribution in [-0.4, -0.2) is 37.1 Å². The van der Waals surface area contributed by atoms with E-state index in [0.29, 0.717) is 17.3 Å². The lowest BCUT2D eigenvalue weighted by Crippen LogP contribution is -2.28. The van der Waals surface area contributed by atoms with Crippen molar-refractivity contribution in [2.45, 2.75) is 58.8 Å². The van der Waals surface area contributed by atoms with Gasteiger partial charge in [-0.25, -0.2) is 14.4 Å². The van der Waals surface area contributed by atoms with Gasteiger partial charge in [0, 0.05) is 25.4 Å². The van der Waals surface area contributed by atoms with Crippen molar-refractivity contribution in [3.05, 3.63) is 47.0 Å². The number of aliphatic imine (C=N–C) groups is 1. The van der Waals surface area contributed by atoms with Gasteiger partial charge in [0.15, 0.2) is 11.6 Å². The minimum absolute atomic E-state index is 0.203. The second-order valence-electron chi connectivity index (χ2n) is 8.22. The van der Waals surface area contributed by atoms with Gasteiger partial charge in [-0.15, -0.1) is 0 Å². The molecule has 7 nitrogen and oxygen atoms in total. The van der Waals surface area contributed by atoms with Crippen LogP contribution in [-0.2, 0) is 0 Å². The Hall–Kier alpha value is -2.74. The molecule has 2 N–H and O–H groups in total. The highest BCUT2D eigenvalue weighted by atomic mass is 35.5. The number of benzene rings is 1. The molecule has 1 aromatic carbocycles. The van der Waals surface area contributed by atoms with Gasteiger partial charge in [-0.3, -0.25) is 5.41 Å². The monoisotopic (exact) mass is 490 g/mol. The average Bonchev–Trinajstić information content (AvgIpc) is 3.69. The number of ether oxygens (including phenoxy) is 1. The van der Waals surface area contributed by atoms with Crippen LogP contribution in [0.15, 0.2) is 51.4 Å². The minimum Gasteiger partial charge on any atom is -0.491 e. The zero-order chi connectivity index (χ0) is 24.8. The van der Waals surface area contributed by atoms with Gasteiger partial charge in [-0.1, -0.05) is 42.7 Å². The molecule has 0 atom stereocenters. The highest BCUT2D eigenvalue weighted by Gasteiger charge is 2.21. The van der Waals surface area contributed by atoms with Crippen molar-refractivity contribution in [1.82, 2.24) is 4.90 Å². The smallest absolute Gasteiger partial charge is 0.167 e. The Balaban J connectivity index is 0.000000242. The van der Waals surface area contributed by atoms with Crippen molar-refractivity contribution in [2.24, 2.45) is 16.1 Å². The lowest BCUT2D eigenvalue weighted by molar-refractivity contribution is 0.282. The molecular formula is C25H36ClFN6O. The first-order chi connectivity index (χ1) is 16.5. The Morgan fingerprint density at radius 2 is 2.03 bits per heavy atom. The Kier molecular flexibility index (Phi) is 12.3. The van der Waals surface area contributed by atoms with Crippen molar-refractivity contribution >= 4 is 29.8 Å². The first kappa shape index (κ1) is 27.5. The molecule has 0 radical (unpaired) electrons. The van der Waals surface area contributed by atoms with Crippen LogP contribution < -0.4 is 9.75 Å². The van der Waals surface area contributed by atoms with Crippen LogP contribution in [0.1, 0.15) is 58.8 Å². The first-order valence-electron chi connectivity index (χ1n) is 11.9. The molecule has 1 saturated heterocycles. The summed E-state index contributed by atoms with van der Waals surface area (Å²) in [7, 11) is 0. The third-order valence-electron chi connectivity index (χ3n) is 5.55. The molecule has 0 aromatic heterocycles. The van der Waals surface area contributed by atoms with Crippen LogP contribution in [0.25, 0.3) is 0 Å². The van der Waals surface area contributed by atoms with Gasteiger partial charge in [0.2, 0.25) is 0 Å². The topological polar surface area (TPSA) is 88.1 Å². The number of hydrogen-bond donors (Lipinski definition) is 2. The van der Waals surface area contributed by atoms with Crippen molar-refractivity contribution in [1.29, 1.82) is 10.9 Å². The van der Waals surface area contributed by atoms with Gasteiger partial charge in [0.05, 0.1) is 17.3 Å². The minimum atomic E-state index is -0.501. The molecule has 9 heteroatoms. The number of allylic oxidation sites excluding steroid dienone is 3. The molecule has 2 fully saturated rings. The molecule has 34 heavy (non-hydrogen) atoms. The quantitative estimate of drug-likeness (QED) is 0.147. The number of anilines is 1. The lowest BCUT2D eigenvalue weighted by atomic mass is 10.1. The summed E-state index contributed by atoms with van der Waals surface area (Å²) in [5, 5.41) is 11.7. The summed E-state index contributed by atoms with van der Waals surface area (Å²) in [6, 6.07) is 4.27. The van der Waals surface area contributed by atoms with E-state index in [1.54, 1.807) is 12.3 Å². The van der Waals surface area contributed by atoms with Gasteiger partial charge >= 0.3 is 0 Å². The summed E-state index contributed by atoms with van der Waals surface area (Å²) in [6.07, 6.45) is 15.0. The second kappa shape index (κ2) is 15.2. The third kappa shape index (κ3) is 9.63. The van der Waals surface area contributed by atoms with E-state index >= 15 is 0 Å². The molecule has 2 aliphatic rings. The Labute approximate surface area is 207 Å². The number of nitrogens with one attached hydrogen (secondary N) is 2. The predicted octanol–water partition coefficient (Wildman–Crippen LogP) is 7.30. The SMILES string of the molecule is C\C=C(Cl)/C=N\C(=C\CC)N1CCCCC1.N=CN(N=N)c1ccc(OCCC2CC2)c(F)c1. The Morgan fingerprint density at radius 1 is 1.29 bits per heavy atom. The first-order valence-corrected chi connectivity index (χ1v) is 12.3. The van der Waals surface area contributed by atoms with Crippen LogP contribution in [0.4, 0.5) is 10.1 Å². The van der Waals surface area contributed by atoms with Crippen LogP contribution in [0.2, 0.25) is 0 Å². The van der Waals surface area contributed by atoms with E-state index in [2.05, 4.69) is 28.1 Å². The number of nitrogens with zero attached hydrogens (tertiary/aromatic N) is 4. The summed E-state index contributed by atoms with van der Waals surface area (Å²) in [5.41, 5.74) is 7.16. The number of likely N-dealkylation sites (tertiary alicyclic amines) is 1. The second-order valence-corrected chi connectivity index (χ2v) is 8.66. The number of hydrogen-bond acceptors (Lipinski definition) is 6. The van der Waals surface area contributed by atoms with Gasteiger partial charge in [0.1, 0.15) is 12.2 Å². The standard InChI is InChI=1S/C13H21ClN2.C12H15FN4O/c1-3-8-13(15-11-12(14)4-2)16-9-6-5-7-10-16;13-11-7-10(17(8-14)16-15)3-4-12(11)18-6-5-9-1-2-9/h4,8,11H,3,5-7,9-10H2,1-2H3;3-4,7-9,14-15H,1-2,5-6H2/b12-4+,13-8-,15-11-;. The van der Waals surface area contributed by atoms with E-state index < -0.39 is 5.82 Å². The van der Waals surface area contributed by atoms with Crippen LogP contribution in [0.3, 0.4) is 0 Å². The van der Waals surface area contributed by atoms with Crippen molar-refractivity contribution in [3.63, 3.8) is 0 Å². The number of piperidine rings is 1. The summed E-state index contributed by atoms with van der Waals surface area (Å²) >= 11 is 5.91. The lowest BCUT2D eigenvalue weighted by Gasteiger charge is -2.28. The normalized spacial score (nSPS) is 16.6. The molecule has 186 valence electrons. The fourth-order valence-corrected chi connectivity index (χ4v) is 3.47. The molecule has 1 heterocycles. The summed E-state index contributed by atoms with van der Waals surface area (Å²) in [4.78, 5) is 6.82. The number of rotatable bonds is 11. The molecular weight excluding hydrogens is 455 g/mol. The maximum absolute atomic E-state index is 13.7. The van der Waals surface area contributed by atoms with Crippen LogP contribution >= 0.6 is 11.6 Å². The van der Waals surface area contributed by atoms with Crippen LogP contribution in [0.5, 0.6) is 5.75 Å². The van der Waals surface area contributed by atoms with Crippen molar-refractivity contribution in [2.75, 3.05) is 24.7 Å². The molecule has 0 bridgehead atoms. The summed E-state index contributed by atoms with van der Waals surface area (Å²) < 4.78 is 19.1. The Morgan fingerprint density at radius 3 is 2.59 bits per heavy atom.